The standard InChI is InChI=1S/C21H20N4O4S/c1-29-18-8-2-15(3-9-18)20-22-19(14-30-20)21(26)24-12-10-23(11-13-24)16-4-6-17(7-5-16)25(27)28/h2-9,14H,10-13H2,1H3. The Morgan fingerprint density at radius 1 is 1.07 bits per heavy atom. The van der Waals surface area contributed by atoms with Crippen LogP contribution in [0.5, 0.6) is 5.75 Å². The van der Waals surface area contributed by atoms with E-state index in [0.717, 1.165) is 22.0 Å². The number of hydrogen-bond acceptors (Lipinski definition) is 7. The molecule has 1 aromatic heterocycles. The van der Waals surface area contributed by atoms with Crippen LogP contribution in [0.1, 0.15) is 10.5 Å². The van der Waals surface area contributed by atoms with Crippen molar-refractivity contribution < 1.29 is 14.5 Å². The Morgan fingerprint density at radius 3 is 2.33 bits per heavy atom. The third-order valence-corrected chi connectivity index (χ3v) is 5.94. The molecule has 1 fully saturated rings. The van der Waals surface area contributed by atoms with Crippen molar-refractivity contribution in [2.24, 2.45) is 0 Å². The SMILES string of the molecule is COc1ccc(-c2nc(C(=O)N3CCN(c4ccc([N+](=O)[O-])cc4)CC3)cs2)cc1. The van der Waals surface area contributed by atoms with Gasteiger partial charge in [0.15, 0.2) is 0 Å². The van der Waals surface area contributed by atoms with Crippen molar-refractivity contribution in [1.29, 1.82) is 0 Å². The highest BCUT2D eigenvalue weighted by atomic mass is 32.1. The van der Waals surface area contributed by atoms with E-state index in [1.54, 1.807) is 29.5 Å². The Morgan fingerprint density at radius 2 is 1.73 bits per heavy atom. The number of thiazole rings is 1. The van der Waals surface area contributed by atoms with Gasteiger partial charge in [-0.3, -0.25) is 14.9 Å². The lowest BCUT2D eigenvalue weighted by molar-refractivity contribution is -0.384. The second-order valence-corrected chi connectivity index (χ2v) is 7.68. The minimum atomic E-state index is -0.408. The molecule has 154 valence electrons. The summed E-state index contributed by atoms with van der Waals surface area (Å²) in [4.78, 5) is 31.7. The lowest BCUT2D eigenvalue weighted by Gasteiger charge is -2.35. The molecule has 2 aromatic carbocycles. The summed E-state index contributed by atoms with van der Waals surface area (Å²) in [6.07, 6.45) is 0. The second kappa shape index (κ2) is 8.50. The van der Waals surface area contributed by atoms with E-state index in [1.807, 2.05) is 24.3 Å². The van der Waals surface area contributed by atoms with Crippen molar-refractivity contribution >= 4 is 28.6 Å². The van der Waals surface area contributed by atoms with Gasteiger partial charge in [0.05, 0.1) is 12.0 Å². The molecule has 9 heteroatoms. The van der Waals surface area contributed by atoms with Gasteiger partial charge < -0.3 is 14.5 Å². The molecule has 30 heavy (non-hydrogen) atoms. The highest BCUT2D eigenvalue weighted by Crippen LogP contribution is 2.27. The first kappa shape index (κ1) is 19.8. The number of amides is 1. The number of carbonyl (C=O) groups excluding carboxylic acids is 1. The normalized spacial score (nSPS) is 13.9. The topological polar surface area (TPSA) is 88.8 Å². The average molecular weight is 424 g/mol. The van der Waals surface area contributed by atoms with E-state index in [4.69, 9.17) is 4.74 Å². The maximum Gasteiger partial charge on any atom is 0.273 e. The van der Waals surface area contributed by atoms with Gasteiger partial charge in [-0.25, -0.2) is 4.98 Å². The Balaban J connectivity index is 1.38. The Kier molecular flexibility index (Phi) is 5.62. The summed E-state index contributed by atoms with van der Waals surface area (Å²) in [5.74, 6) is 0.701. The molecule has 0 radical (unpaired) electrons. The van der Waals surface area contributed by atoms with Gasteiger partial charge in [0.25, 0.3) is 11.6 Å². The van der Waals surface area contributed by atoms with Crippen LogP contribution in [0.2, 0.25) is 0 Å². The average Bonchev–Trinajstić information content (AvgIpc) is 3.29. The van der Waals surface area contributed by atoms with Crippen LogP contribution in [0.3, 0.4) is 0 Å². The molecule has 1 aliphatic heterocycles. The number of benzene rings is 2. The molecule has 0 bridgehead atoms. The molecule has 3 aromatic rings. The van der Waals surface area contributed by atoms with E-state index in [1.165, 1.54) is 23.5 Å². The Bertz CT molecular complexity index is 1040. The molecule has 0 atom stereocenters. The quantitative estimate of drug-likeness (QED) is 0.458. The van der Waals surface area contributed by atoms with Gasteiger partial charge in [-0.05, 0) is 36.4 Å². The number of nitro benzene ring substituents is 1. The van der Waals surface area contributed by atoms with E-state index in [2.05, 4.69) is 9.88 Å². The lowest BCUT2D eigenvalue weighted by Crippen LogP contribution is -2.48. The Labute approximate surface area is 177 Å². The Hall–Kier alpha value is -3.46. The molecule has 0 spiro atoms. The molecule has 4 rings (SSSR count). The second-order valence-electron chi connectivity index (χ2n) is 6.82. The maximum absolute atomic E-state index is 12.9. The molecule has 2 heterocycles. The summed E-state index contributed by atoms with van der Waals surface area (Å²) in [5.41, 5.74) is 2.39. The van der Waals surface area contributed by atoms with E-state index in [0.29, 0.717) is 31.9 Å². The van der Waals surface area contributed by atoms with Crippen LogP contribution in [-0.2, 0) is 0 Å². The van der Waals surface area contributed by atoms with Crippen LogP contribution < -0.4 is 9.64 Å². The molecular weight excluding hydrogens is 404 g/mol. The number of piperazine rings is 1. The van der Waals surface area contributed by atoms with Gasteiger partial charge in [-0.1, -0.05) is 0 Å². The monoisotopic (exact) mass is 424 g/mol. The smallest absolute Gasteiger partial charge is 0.273 e. The van der Waals surface area contributed by atoms with Crippen LogP contribution in [0.4, 0.5) is 11.4 Å². The number of aromatic nitrogens is 1. The molecule has 1 saturated heterocycles. The summed E-state index contributed by atoms with van der Waals surface area (Å²) in [6, 6.07) is 14.1. The van der Waals surface area contributed by atoms with E-state index < -0.39 is 4.92 Å². The third-order valence-electron chi connectivity index (χ3n) is 5.05. The van der Waals surface area contributed by atoms with E-state index in [9.17, 15) is 14.9 Å². The minimum absolute atomic E-state index is 0.0729. The number of hydrogen-bond donors (Lipinski definition) is 0. The summed E-state index contributed by atoms with van der Waals surface area (Å²) in [7, 11) is 1.62. The van der Waals surface area contributed by atoms with Gasteiger partial charge in [0.2, 0.25) is 0 Å². The largest absolute Gasteiger partial charge is 0.497 e. The molecule has 0 aliphatic carbocycles. The van der Waals surface area contributed by atoms with Crippen molar-refractivity contribution in [3.8, 4) is 16.3 Å². The van der Waals surface area contributed by atoms with Crippen LogP contribution in [0, 0.1) is 10.1 Å². The molecule has 0 saturated carbocycles. The zero-order valence-electron chi connectivity index (χ0n) is 16.4. The predicted molar refractivity (Wildman–Crippen MR) is 115 cm³/mol. The number of non-ortho nitro benzene ring substituents is 1. The number of rotatable bonds is 5. The van der Waals surface area contributed by atoms with Crippen molar-refractivity contribution in [2.75, 3.05) is 38.2 Å². The molecule has 1 aliphatic rings. The van der Waals surface area contributed by atoms with Gasteiger partial charge in [-0.2, -0.15) is 0 Å². The highest BCUT2D eigenvalue weighted by Gasteiger charge is 2.24. The molecule has 0 unspecified atom stereocenters. The van der Waals surface area contributed by atoms with Gasteiger partial charge in [0.1, 0.15) is 16.5 Å². The minimum Gasteiger partial charge on any atom is -0.497 e. The zero-order valence-corrected chi connectivity index (χ0v) is 17.2. The lowest BCUT2D eigenvalue weighted by atomic mass is 10.2. The first-order valence-electron chi connectivity index (χ1n) is 9.44. The highest BCUT2D eigenvalue weighted by molar-refractivity contribution is 7.13. The van der Waals surface area contributed by atoms with E-state index >= 15 is 0 Å². The summed E-state index contributed by atoms with van der Waals surface area (Å²) >= 11 is 1.44. The van der Waals surface area contributed by atoms with Crippen molar-refractivity contribution in [2.45, 2.75) is 0 Å². The third kappa shape index (κ3) is 4.11. The number of ether oxygens (including phenoxy) is 1. The molecular formula is C21H20N4O4S. The summed E-state index contributed by atoms with van der Waals surface area (Å²) in [6.45, 7) is 2.48. The molecule has 8 nitrogen and oxygen atoms in total. The number of nitro groups is 1. The number of carbonyl (C=O) groups is 1. The fourth-order valence-corrected chi connectivity index (χ4v) is 4.15. The van der Waals surface area contributed by atoms with Gasteiger partial charge >= 0.3 is 0 Å². The predicted octanol–water partition coefficient (Wildman–Crippen LogP) is 3.69. The zero-order chi connectivity index (χ0) is 21.1. The number of nitrogens with zero attached hydrogens (tertiary/aromatic N) is 4. The van der Waals surface area contributed by atoms with E-state index in [-0.39, 0.29) is 11.6 Å². The summed E-state index contributed by atoms with van der Waals surface area (Å²) in [5, 5.41) is 13.4. The van der Waals surface area contributed by atoms with Crippen molar-refractivity contribution in [3.05, 3.63) is 69.7 Å². The van der Waals surface area contributed by atoms with Crippen LogP contribution >= 0.6 is 11.3 Å². The maximum atomic E-state index is 12.9. The molecule has 1 amide bonds. The number of methoxy groups -OCH3 is 1. The molecule has 0 N–H and O–H groups in total. The fourth-order valence-electron chi connectivity index (χ4n) is 3.35. The van der Waals surface area contributed by atoms with Gasteiger partial charge in [0, 0.05) is 54.9 Å². The van der Waals surface area contributed by atoms with Crippen molar-refractivity contribution in [3.63, 3.8) is 0 Å². The summed E-state index contributed by atoms with van der Waals surface area (Å²) < 4.78 is 5.17. The van der Waals surface area contributed by atoms with Crippen LogP contribution in [0.25, 0.3) is 10.6 Å². The fraction of sp³-hybridized carbons (Fsp3) is 0.238. The van der Waals surface area contributed by atoms with Crippen LogP contribution in [-0.4, -0.2) is 54.0 Å². The first-order valence-corrected chi connectivity index (χ1v) is 10.3. The number of anilines is 1. The van der Waals surface area contributed by atoms with Crippen molar-refractivity contribution in [1.82, 2.24) is 9.88 Å². The van der Waals surface area contributed by atoms with Crippen LogP contribution in [0.15, 0.2) is 53.9 Å². The first-order chi connectivity index (χ1) is 14.5. The van der Waals surface area contributed by atoms with Gasteiger partial charge in [-0.15, -0.1) is 11.3 Å².